The van der Waals surface area contributed by atoms with Crippen molar-refractivity contribution in [2.45, 2.75) is 39.2 Å². The van der Waals surface area contributed by atoms with Gasteiger partial charge < -0.3 is 18.8 Å². The van der Waals surface area contributed by atoms with E-state index in [1.54, 1.807) is 36.3 Å². The van der Waals surface area contributed by atoms with Crippen LogP contribution in [0.5, 0.6) is 0 Å². The van der Waals surface area contributed by atoms with Crippen LogP contribution in [0.2, 0.25) is 0 Å². The lowest BCUT2D eigenvalue weighted by Crippen LogP contribution is -2.47. The van der Waals surface area contributed by atoms with Crippen molar-refractivity contribution >= 4 is 11.9 Å². The number of carbonyl (C=O) groups excluding carboxylic acids is 2. The van der Waals surface area contributed by atoms with Gasteiger partial charge in [0.15, 0.2) is 5.76 Å². The van der Waals surface area contributed by atoms with E-state index in [1.807, 2.05) is 20.8 Å². The SMILES string of the molecule is COCCN(C(=O)OCCC(=O)c1ccc(Cc2ccc(F)cc2)o1)C(C)(C)C. The molecule has 1 amide bonds. The van der Waals surface area contributed by atoms with E-state index in [-0.39, 0.29) is 30.4 Å². The van der Waals surface area contributed by atoms with Crippen LogP contribution in [0.1, 0.15) is 49.1 Å². The van der Waals surface area contributed by atoms with E-state index >= 15 is 0 Å². The third-order valence-corrected chi connectivity index (χ3v) is 4.33. The molecule has 0 aliphatic carbocycles. The molecule has 0 atom stereocenters. The quantitative estimate of drug-likeness (QED) is 0.576. The molecule has 0 saturated carbocycles. The van der Waals surface area contributed by atoms with E-state index in [0.29, 0.717) is 25.3 Å². The zero-order chi connectivity index (χ0) is 21.4. The van der Waals surface area contributed by atoms with Crippen LogP contribution >= 0.6 is 0 Å². The number of methoxy groups -OCH3 is 1. The minimum atomic E-state index is -0.487. The number of hydrogen-bond donors (Lipinski definition) is 0. The summed E-state index contributed by atoms with van der Waals surface area (Å²) >= 11 is 0. The second kappa shape index (κ2) is 10.2. The Kier molecular flexibility index (Phi) is 7.96. The van der Waals surface area contributed by atoms with Gasteiger partial charge >= 0.3 is 6.09 Å². The smallest absolute Gasteiger partial charge is 0.410 e. The highest BCUT2D eigenvalue weighted by Crippen LogP contribution is 2.17. The summed E-state index contributed by atoms with van der Waals surface area (Å²) in [5.41, 5.74) is 0.461. The van der Waals surface area contributed by atoms with Crippen molar-refractivity contribution in [3.63, 3.8) is 0 Å². The van der Waals surface area contributed by atoms with E-state index in [9.17, 15) is 14.0 Å². The first-order chi connectivity index (χ1) is 13.7. The molecule has 0 aliphatic rings. The fourth-order valence-corrected chi connectivity index (χ4v) is 2.74. The number of hydrogen-bond acceptors (Lipinski definition) is 5. The third kappa shape index (κ3) is 7.02. The van der Waals surface area contributed by atoms with Gasteiger partial charge in [0.2, 0.25) is 5.78 Å². The van der Waals surface area contributed by atoms with Gasteiger partial charge in [-0.2, -0.15) is 0 Å². The van der Waals surface area contributed by atoms with Gasteiger partial charge in [0.1, 0.15) is 18.2 Å². The Bertz CT molecular complexity index is 807. The average Bonchev–Trinajstić information content (AvgIpc) is 3.11. The Labute approximate surface area is 170 Å². The predicted octanol–water partition coefficient (Wildman–Crippen LogP) is 4.47. The van der Waals surface area contributed by atoms with Crippen LogP contribution in [0, 0.1) is 5.82 Å². The molecule has 0 fully saturated rings. The van der Waals surface area contributed by atoms with Crippen LogP contribution in [0.3, 0.4) is 0 Å². The minimum Gasteiger partial charge on any atom is -0.458 e. The van der Waals surface area contributed by atoms with Gasteiger partial charge in [0.25, 0.3) is 0 Å². The molecule has 158 valence electrons. The summed E-state index contributed by atoms with van der Waals surface area (Å²) in [5.74, 6) is 0.272. The van der Waals surface area contributed by atoms with Crippen molar-refractivity contribution in [1.82, 2.24) is 4.90 Å². The molecular weight excluding hydrogens is 377 g/mol. The van der Waals surface area contributed by atoms with E-state index in [2.05, 4.69) is 0 Å². The third-order valence-electron chi connectivity index (χ3n) is 4.33. The Morgan fingerprint density at radius 1 is 1.07 bits per heavy atom. The summed E-state index contributed by atoms with van der Waals surface area (Å²) in [5, 5.41) is 0. The highest BCUT2D eigenvalue weighted by Gasteiger charge is 2.27. The Morgan fingerprint density at radius 3 is 2.38 bits per heavy atom. The predicted molar refractivity (Wildman–Crippen MR) is 107 cm³/mol. The highest BCUT2D eigenvalue weighted by molar-refractivity contribution is 5.93. The molecule has 2 aromatic rings. The van der Waals surface area contributed by atoms with Gasteiger partial charge in [0, 0.05) is 32.0 Å². The van der Waals surface area contributed by atoms with Crippen molar-refractivity contribution in [2.24, 2.45) is 0 Å². The number of furan rings is 1. The molecule has 29 heavy (non-hydrogen) atoms. The largest absolute Gasteiger partial charge is 0.458 e. The van der Waals surface area contributed by atoms with Crippen molar-refractivity contribution < 1.29 is 27.9 Å². The van der Waals surface area contributed by atoms with Gasteiger partial charge in [-0.25, -0.2) is 9.18 Å². The van der Waals surface area contributed by atoms with Gasteiger partial charge in [-0.1, -0.05) is 12.1 Å². The van der Waals surface area contributed by atoms with Gasteiger partial charge in [-0.3, -0.25) is 4.79 Å². The normalized spacial score (nSPS) is 11.3. The molecular formula is C22H28FNO5. The maximum absolute atomic E-state index is 13.0. The lowest BCUT2D eigenvalue weighted by Gasteiger charge is -2.34. The standard InChI is InChI=1S/C22H28FNO5/c1-22(2,3)24(12-14-27-4)21(26)28-13-11-19(25)20-10-9-18(29-20)15-16-5-7-17(23)8-6-16/h5-10H,11-15H2,1-4H3. The zero-order valence-electron chi connectivity index (χ0n) is 17.4. The molecule has 2 rings (SSSR count). The molecule has 1 heterocycles. The van der Waals surface area contributed by atoms with Gasteiger partial charge in [-0.05, 0) is 50.6 Å². The number of Topliss-reactive ketones (excluding diaryl/α,β-unsaturated/α-hetero) is 1. The fraction of sp³-hybridized carbons (Fsp3) is 0.455. The first-order valence-electron chi connectivity index (χ1n) is 9.50. The van der Waals surface area contributed by atoms with Crippen LogP contribution in [-0.4, -0.2) is 49.2 Å². The lowest BCUT2D eigenvalue weighted by molar-refractivity contribution is 0.0502. The van der Waals surface area contributed by atoms with Crippen molar-refractivity contribution in [3.8, 4) is 0 Å². The number of nitrogens with zero attached hydrogens (tertiary/aromatic N) is 1. The highest BCUT2D eigenvalue weighted by atomic mass is 19.1. The van der Waals surface area contributed by atoms with Gasteiger partial charge in [0.05, 0.1) is 6.61 Å². The topological polar surface area (TPSA) is 69.0 Å². The molecule has 0 radical (unpaired) electrons. The number of amides is 1. The molecule has 1 aromatic carbocycles. The maximum Gasteiger partial charge on any atom is 0.410 e. The number of benzene rings is 1. The number of ketones is 1. The number of rotatable bonds is 9. The molecule has 0 unspecified atom stereocenters. The molecule has 1 aromatic heterocycles. The molecule has 0 spiro atoms. The lowest BCUT2D eigenvalue weighted by atomic mass is 10.1. The van der Waals surface area contributed by atoms with Gasteiger partial charge in [-0.15, -0.1) is 0 Å². The summed E-state index contributed by atoms with van der Waals surface area (Å²) in [6.45, 7) is 6.47. The van der Waals surface area contributed by atoms with E-state index in [0.717, 1.165) is 5.56 Å². The molecule has 0 aliphatic heterocycles. The van der Waals surface area contributed by atoms with E-state index in [1.165, 1.54) is 12.1 Å². The van der Waals surface area contributed by atoms with Crippen molar-refractivity contribution in [1.29, 1.82) is 0 Å². The summed E-state index contributed by atoms with van der Waals surface area (Å²) in [6, 6.07) is 9.42. The Balaban J connectivity index is 1.85. The molecule has 7 heteroatoms. The Morgan fingerprint density at radius 2 is 1.76 bits per heavy atom. The molecule has 0 bridgehead atoms. The molecule has 0 saturated heterocycles. The second-order valence-corrected chi connectivity index (χ2v) is 7.67. The summed E-state index contributed by atoms with van der Waals surface area (Å²) in [7, 11) is 1.57. The van der Waals surface area contributed by atoms with Crippen LogP contribution in [0.4, 0.5) is 9.18 Å². The molecule has 6 nitrogen and oxygen atoms in total. The minimum absolute atomic E-state index is 0.0253. The maximum atomic E-state index is 13.0. The zero-order valence-corrected chi connectivity index (χ0v) is 17.4. The average molecular weight is 405 g/mol. The molecule has 0 N–H and O–H groups in total. The first kappa shape index (κ1) is 22.6. The number of halogens is 1. The monoisotopic (exact) mass is 405 g/mol. The summed E-state index contributed by atoms with van der Waals surface area (Å²) in [4.78, 5) is 26.2. The van der Waals surface area contributed by atoms with E-state index in [4.69, 9.17) is 13.9 Å². The Hall–Kier alpha value is -2.67. The van der Waals surface area contributed by atoms with Crippen LogP contribution < -0.4 is 0 Å². The van der Waals surface area contributed by atoms with Crippen LogP contribution in [0.15, 0.2) is 40.8 Å². The van der Waals surface area contributed by atoms with Crippen LogP contribution in [-0.2, 0) is 15.9 Å². The van der Waals surface area contributed by atoms with Crippen molar-refractivity contribution in [3.05, 3.63) is 59.3 Å². The van der Waals surface area contributed by atoms with Crippen molar-refractivity contribution in [2.75, 3.05) is 26.9 Å². The number of ether oxygens (including phenoxy) is 2. The second-order valence-electron chi connectivity index (χ2n) is 7.67. The summed E-state index contributed by atoms with van der Waals surface area (Å²) in [6.07, 6.45) is -0.00103. The number of carbonyl (C=O) groups is 2. The van der Waals surface area contributed by atoms with E-state index < -0.39 is 11.6 Å². The fourth-order valence-electron chi connectivity index (χ4n) is 2.74. The first-order valence-corrected chi connectivity index (χ1v) is 9.50. The van der Waals surface area contributed by atoms with Crippen LogP contribution in [0.25, 0.3) is 0 Å². The summed E-state index contributed by atoms with van der Waals surface area (Å²) < 4.78 is 28.9.